The summed E-state index contributed by atoms with van der Waals surface area (Å²) in [5.74, 6) is 0. The van der Waals surface area contributed by atoms with Crippen LogP contribution < -0.4 is 4.24 Å². The van der Waals surface area contributed by atoms with Crippen LogP contribution in [0.25, 0.3) is 0 Å². The van der Waals surface area contributed by atoms with Gasteiger partial charge in [-0.05, 0) is 0 Å². The molecule has 1 aromatic carbocycles. The molecule has 0 bridgehead atoms. The summed E-state index contributed by atoms with van der Waals surface area (Å²) < 4.78 is 1.47. The second-order valence-corrected chi connectivity index (χ2v) is 4.98. The summed E-state index contributed by atoms with van der Waals surface area (Å²) in [6, 6.07) is 10.5. The summed E-state index contributed by atoms with van der Waals surface area (Å²) in [4.78, 5) is 2.74. The van der Waals surface area contributed by atoms with Gasteiger partial charge in [0, 0.05) is 0 Å². The van der Waals surface area contributed by atoms with Gasteiger partial charge in [0.1, 0.15) is 0 Å². The Morgan fingerprint density at radius 2 is 2.00 bits per heavy atom. The molecule has 2 heteroatoms. The van der Waals surface area contributed by atoms with E-state index in [1.165, 1.54) is 36.5 Å². The van der Waals surface area contributed by atoms with Crippen LogP contribution in [0.2, 0.25) is 0 Å². The summed E-state index contributed by atoms with van der Waals surface area (Å²) in [5, 5.41) is 0. The molecule has 0 amide bonds. The van der Waals surface area contributed by atoms with E-state index in [-0.39, 0.29) is 0 Å². The van der Waals surface area contributed by atoms with Crippen molar-refractivity contribution in [3.05, 3.63) is 29.8 Å². The Bertz CT molecular complexity index is 363. The van der Waals surface area contributed by atoms with Crippen LogP contribution in [0.3, 0.4) is 0 Å². The Morgan fingerprint density at radius 3 is 2.87 bits per heavy atom. The fraction of sp³-hybridized carbons (Fsp3) is 0.538. The van der Waals surface area contributed by atoms with E-state index in [0.717, 1.165) is 12.1 Å². The van der Waals surface area contributed by atoms with Crippen LogP contribution in [0.4, 0.5) is 0 Å². The Balaban J connectivity index is 1.91. The minimum atomic E-state index is 0.721. The molecule has 0 aromatic heterocycles. The van der Waals surface area contributed by atoms with Crippen molar-refractivity contribution in [1.29, 1.82) is 0 Å². The van der Waals surface area contributed by atoms with Gasteiger partial charge in [0.15, 0.2) is 0 Å². The number of rotatable bonds is 1. The van der Waals surface area contributed by atoms with Crippen molar-refractivity contribution in [1.82, 2.24) is 4.90 Å². The molecule has 2 atom stereocenters. The average Bonchev–Trinajstić information content (AvgIpc) is 2.80. The molecule has 0 spiro atoms. The fourth-order valence-electron chi connectivity index (χ4n) is 3.39. The van der Waals surface area contributed by atoms with Gasteiger partial charge in [0.05, 0.1) is 0 Å². The molecule has 0 radical (unpaired) electrons. The van der Waals surface area contributed by atoms with Crippen molar-refractivity contribution in [2.45, 2.75) is 37.8 Å². The molecule has 2 heterocycles. The molecule has 2 aliphatic heterocycles. The molecule has 1 nitrogen and oxygen atoms in total. The quantitative estimate of drug-likeness (QED) is 0.614. The zero-order chi connectivity index (χ0) is 10.3. The van der Waals surface area contributed by atoms with Gasteiger partial charge >= 0.3 is 101 Å². The first kappa shape index (κ1) is 9.97. The third kappa shape index (κ3) is 1.67. The molecular formula is C13H16LiN. The van der Waals surface area contributed by atoms with Crippen molar-refractivity contribution >= 4 is 22.0 Å². The Hall–Kier alpha value is -0.223. The average molecular weight is 193 g/mol. The maximum atomic E-state index is 2.74. The van der Waals surface area contributed by atoms with E-state index in [9.17, 15) is 0 Å². The van der Waals surface area contributed by atoms with Crippen LogP contribution in [0, 0.1) is 0 Å². The first-order chi connectivity index (χ1) is 7.36. The zero-order valence-corrected chi connectivity index (χ0v) is 9.45. The molecule has 1 aromatic rings. The Kier molecular flexibility index (Phi) is 2.64. The van der Waals surface area contributed by atoms with Crippen LogP contribution in [0.1, 0.15) is 37.3 Å². The SMILES string of the molecule is [Li][c]1ccccc1C1CCC2CCCN21. The first-order valence-corrected chi connectivity index (χ1v) is 6.17. The molecule has 15 heavy (non-hydrogen) atoms. The summed E-state index contributed by atoms with van der Waals surface area (Å²) in [7, 11) is 0. The van der Waals surface area contributed by atoms with E-state index in [4.69, 9.17) is 0 Å². The van der Waals surface area contributed by atoms with Crippen molar-refractivity contribution in [2.24, 2.45) is 0 Å². The summed E-state index contributed by atoms with van der Waals surface area (Å²) in [6.45, 7) is 1.32. The number of benzene rings is 1. The van der Waals surface area contributed by atoms with Gasteiger partial charge in [0.25, 0.3) is 0 Å². The van der Waals surface area contributed by atoms with Crippen LogP contribution in [0.15, 0.2) is 24.3 Å². The van der Waals surface area contributed by atoms with E-state index < -0.39 is 0 Å². The second-order valence-electron chi connectivity index (χ2n) is 4.98. The molecule has 2 aliphatic rings. The van der Waals surface area contributed by atoms with Gasteiger partial charge in [-0.25, -0.2) is 0 Å². The van der Waals surface area contributed by atoms with Gasteiger partial charge in [0.2, 0.25) is 0 Å². The fourth-order valence-corrected chi connectivity index (χ4v) is 3.39. The number of fused-ring (bicyclic) bond motifs is 1. The topological polar surface area (TPSA) is 3.24 Å². The number of nitrogens with zero attached hydrogens (tertiary/aromatic N) is 1. The standard InChI is InChI=1S/C13H16N.Li/c1-2-5-11(6-3-1)13-9-8-12-7-4-10-14(12)13;/h1-3,5,12-13H,4,7-10H2;. The van der Waals surface area contributed by atoms with Crippen LogP contribution in [-0.2, 0) is 0 Å². The summed E-state index contributed by atoms with van der Waals surface area (Å²) in [5.41, 5.74) is 1.57. The van der Waals surface area contributed by atoms with Crippen molar-refractivity contribution in [2.75, 3.05) is 6.54 Å². The maximum absolute atomic E-state index is 2.74. The molecule has 0 N–H and O–H groups in total. The van der Waals surface area contributed by atoms with Gasteiger partial charge in [-0.3, -0.25) is 0 Å². The van der Waals surface area contributed by atoms with Gasteiger partial charge in [-0.2, -0.15) is 0 Å². The molecule has 2 fully saturated rings. The molecule has 2 saturated heterocycles. The molecule has 0 saturated carbocycles. The Labute approximate surface area is 101 Å². The monoisotopic (exact) mass is 193 g/mol. The summed E-state index contributed by atoms with van der Waals surface area (Å²) >= 11 is 2.25. The van der Waals surface area contributed by atoms with E-state index in [1.54, 1.807) is 5.56 Å². The van der Waals surface area contributed by atoms with Crippen LogP contribution >= 0.6 is 0 Å². The Morgan fingerprint density at radius 1 is 1.13 bits per heavy atom. The van der Waals surface area contributed by atoms with Crippen LogP contribution in [0.5, 0.6) is 0 Å². The number of hydrogen-bond donors (Lipinski definition) is 0. The van der Waals surface area contributed by atoms with Crippen molar-refractivity contribution < 1.29 is 0 Å². The molecule has 74 valence electrons. The van der Waals surface area contributed by atoms with E-state index in [2.05, 4.69) is 46.9 Å². The third-order valence-corrected chi connectivity index (χ3v) is 4.14. The first-order valence-electron chi connectivity index (χ1n) is 6.17. The van der Waals surface area contributed by atoms with E-state index in [1.807, 2.05) is 0 Å². The predicted octanol–water partition coefficient (Wildman–Crippen LogP) is 1.78. The normalized spacial score (nSPS) is 30.8. The summed E-state index contributed by atoms with van der Waals surface area (Å²) in [6.07, 6.45) is 5.63. The van der Waals surface area contributed by atoms with Crippen LogP contribution in [-0.4, -0.2) is 35.2 Å². The zero-order valence-electron chi connectivity index (χ0n) is 9.45. The molecule has 3 rings (SSSR count). The number of hydrogen-bond acceptors (Lipinski definition) is 1. The van der Waals surface area contributed by atoms with E-state index >= 15 is 0 Å². The third-order valence-electron chi connectivity index (χ3n) is 4.14. The van der Waals surface area contributed by atoms with Gasteiger partial charge in [-0.1, -0.05) is 0 Å². The second kappa shape index (κ2) is 3.98. The molecular weight excluding hydrogens is 177 g/mol. The van der Waals surface area contributed by atoms with Gasteiger partial charge < -0.3 is 0 Å². The predicted molar refractivity (Wildman–Crippen MR) is 63.5 cm³/mol. The minimum absolute atomic E-state index is 0.721. The van der Waals surface area contributed by atoms with Crippen molar-refractivity contribution in [3.8, 4) is 0 Å². The van der Waals surface area contributed by atoms with Gasteiger partial charge in [-0.15, -0.1) is 0 Å². The van der Waals surface area contributed by atoms with E-state index in [0.29, 0.717) is 0 Å². The molecule has 0 aliphatic carbocycles. The molecule has 2 unspecified atom stereocenters. The van der Waals surface area contributed by atoms with Crippen molar-refractivity contribution in [3.63, 3.8) is 0 Å².